The van der Waals surface area contributed by atoms with Crippen molar-refractivity contribution >= 4 is 11.6 Å². The van der Waals surface area contributed by atoms with Crippen molar-refractivity contribution in [1.29, 1.82) is 0 Å². The van der Waals surface area contributed by atoms with Crippen LogP contribution in [-0.2, 0) is 4.79 Å². The van der Waals surface area contributed by atoms with Crippen LogP contribution in [0.25, 0.3) is 0 Å². The lowest BCUT2D eigenvalue weighted by molar-refractivity contribution is -0.678. The third-order valence-electron chi connectivity index (χ3n) is 4.37. The number of furan rings is 1. The topological polar surface area (TPSA) is 77.3 Å². The van der Waals surface area contributed by atoms with Crippen LogP contribution < -0.4 is 20.1 Å². The number of anilines is 1. The molecule has 0 aliphatic rings. The van der Waals surface area contributed by atoms with Crippen molar-refractivity contribution in [2.75, 3.05) is 25.1 Å². The second-order valence-corrected chi connectivity index (χ2v) is 6.42. The molecule has 0 bridgehead atoms. The molecule has 3 N–H and O–H groups in total. The molecule has 1 heterocycles. The average Bonchev–Trinajstić information content (AvgIpc) is 3.26. The first kappa shape index (κ1) is 20.5. The van der Waals surface area contributed by atoms with Crippen molar-refractivity contribution in [2.24, 2.45) is 0 Å². The second kappa shape index (κ2) is 10.3. The molecule has 1 amide bonds. The van der Waals surface area contributed by atoms with Gasteiger partial charge in [0.05, 0.1) is 19.5 Å². The van der Waals surface area contributed by atoms with Gasteiger partial charge < -0.3 is 24.5 Å². The summed E-state index contributed by atoms with van der Waals surface area (Å²) in [5.74, 6) is 1.99. The Morgan fingerprint density at radius 2 is 1.76 bits per heavy atom. The molecule has 3 rings (SSSR count). The molecular weight excluding hydrogens is 368 g/mol. The predicted molar refractivity (Wildman–Crippen MR) is 111 cm³/mol. The van der Waals surface area contributed by atoms with Crippen molar-refractivity contribution in [3.05, 3.63) is 78.3 Å². The van der Waals surface area contributed by atoms with Crippen LogP contribution in [0.3, 0.4) is 0 Å². The number of rotatable bonds is 10. The van der Waals surface area contributed by atoms with Crippen LogP contribution in [-0.4, -0.2) is 25.7 Å². The third kappa shape index (κ3) is 5.62. The fraction of sp³-hybridized carbons (Fsp3) is 0.261. The van der Waals surface area contributed by atoms with E-state index >= 15 is 0 Å². The first-order valence-electron chi connectivity index (χ1n) is 9.82. The monoisotopic (exact) mass is 395 g/mol. The highest BCUT2D eigenvalue weighted by molar-refractivity contribution is 5.91. The van der Waals surface area contributed by atoms with Gasteiger partial charge in [-0.15, -0.1) is 0 Å². The van der Waals surface area contributed by atoms with Crippen molar-refractivity contribution in [1.82, 2.24) is 0 Å². The van der Waals surface area contributed by atoms with Crippen LogP contribution in [0.1, 0.15) is 31.2 Å². The SMILES string of the molecule is CCOc1ccc(NC(=O)C[NH2+][C@H](c2ccccc2)c2ccco2)cc1OCC. The number of quaternary nitrogens is 1. The minimum absolute atomic E-state index is 0.0868. The van der Waals surface area contributed by atoms with Gasteiger partial charge in [-0.2, -0.15) is 0 Å². The van der Waals surface area contributed by atoms with E-state index in [1.54, 1.807) is 12.3 Å². The molecule has 0 saturated carbocycles. The molecule has 0 unspecified atom stereocenters. The largest absolute Gasteiger partial charge is 0.490 e. The van der Waals surface area contributed by atoms with E-state index in [0.29, 0.717) is 30.4 Å². The van der Waals surface area contributed by atoms with Crippen LogP contribution in [0.2, 0.25) is 0 Å². The zero-order valence-electron chi connectivity index (χ0n) is 16.8. The molecule has 6 heteroatoms. The van der Waals surface area contributed by atoms with Crippen molar-refractivity contribution in [2.45, 2.75) is 19.9 Å². The Kier molecular flexibility index (Phi) is 7.30. The number of carbonyl (C=O) groups excluding carboxylic acids is 1. The Balaban J connectivity index is 1.66. The van der Waals surface area contributed by atoms with E-state index in [4.69, 9.17) is 13.9 Å². The standard InChI is InChI=1S/C23H26N2O4/c1-3-27-19-13-12-18(15-21(19)28-4-2)25-22(26)16-24-23(20-11-8-14-29-20)17-9-6-5-7-10-17/h5-15,23-24H,3-4,16H2,1-2H3,(H,25,26)/p+1/t23-/m1/s1. The molecule has 2 aromatic carbocycles. The van der Waals surface area contributed by atoms with Crippen LogP contribution in [0.4, 0.5) is 5.69 Å². The first-order valence-corrected chi connectivity index (χ1v) is 9.82. The lowest BCUT2D eigenvalue weighted by atomic mass is 10.0. The fourth-order valence-corrected chi connectivity index (χ4v) is 3.11. The van der Waals surface area contributed by atoms with Crippen LogP contribution in [0, 0.1) is 0 Å². The quantitative estimate of drug-likeness (QED) is 0.552. The molecule has 0 aliphatic carbocycles. The first-order chi connectivity index (χ1) is 14.2. The van der Waals surface area contributed by atoms with Gasteiger partial charge in [0.1, 0.15) is 0 Å². The van der Waals surface area contributed by atoms with Crippen molar-refractivity contribution in [3.8, 4) is 11.5 Å². The van der Waals surface area contributed by atoms with E-state index in [1.807, 2.05) is 73.8 Å². The molecule has 152 valence electrons. The molecular formula is C23H27N2O4+. The van der Waals surface area contributed by atoms with E-state index in [0.717, 1.165) is 11.3 Å². The molecule has 6 nitrogen and oxygen atoms in total. The summed E-state index contributed by atoms with van der Waals surface area (Å²) < 4.78 is 16.8. The summed E-state index contributed by atoms with van der Waals surface area (Å²) in [7, 11) is 0. The van der Waals surface area contributed by atoms with E-state index in [1.165, 1.54) is 0 Å². The summed E-state index contributed by atoms with van der Waals surface area (Å²) in [5, 5.41) is 4.89. The van der Waals surface area contributed by atoms with Gasteiger partial charge in [0.2, 0.25) is 0 Å². The van der Waals surface area contributed by atoms with Gasteiger partial charge in [0, 0.05) is 17.3 Å². The lowest BCUT2D eigenvalue weighted by Crippen LogP contribution is -2.87. The highest BCUT2D eigenvalue weighted by Crippen LogP contribution is 2.30. The minimum atomic E-state index is -0.107. The number of nitrogens with two attached hydrogens (primary N) is 1. The number of ether oxygens (including phenoxy) is 2. The predicted octanol–water partition coefficient (Wildman–Crippen LogP) is 3.37. The average molecular weight is 395 g/mol. The van der Waals surface area contributed by atoms with Gasteiger partial charge in [-0.05, 0) is 38.1 Å². The molecule has 1 atom stereocenters. The number of hydrogen-bond donors (Lipinski definition) is 2. The molecule has 0 fully saturated rings. The van der Waals surface area contributed by atoms with Gasteiger partial charge >= 0.3 is 0 Å². The van der Waals surface area contributed by atoms with E-state index in [-0.39, 0.29) is 18.5 Å². The Bertz CT molecular complexity index is 895. The van der Waals surface area contributed by atoms with Gasteiger partial charge in [-0.25, -0.2) is 0 Å². The highest BCUT2D eigenvalue weighted by atomic mass is 16.5. The van der Waals surface area contributed by atoms with Crippen LogP contribution in [0.15, 0.2) is 71.3 Å². The van der Waals surface area contributed by atoms with E-state index < -0.39 is 0 Å². The smallest absolute Gasteiger partial charge is 0.279 e. The molecule has 3 aromatic rings. The zero-order valence-corrected chi connectivity index (χ0v) is 16.8. The fourth-order valence-electron chi connectivity index (χ4n) is 3.11. The lowest BCUT2D eigenvalue weighted by Gasteiger charge is -2.15. The maximum absolute atomic E-state index is 12.6. The molecule has 29 heavy (non-hydrogen) atoms. The Morgan fingerprint density at radius 3 is 2.45 bits per heavy atom. The summed E-state index contributed by atoms with van der Waals surface area (Å²) in [4.78, 5) is 12.6. The Hall–Kier alpha value is -3.25. The third-order valence-corrected chi connectivity index (χ3v) is 4.37. The number of nitrogens with one attached hydrogen (secondary N) is 1. The number of amides is 1. The highest BCUT2D eigenvalue weighted by Gasteiger charge is 2.21. The van der Waals surface area contributed by atoms with Gasteiger partial charge in [0.25, 0.3) is 5.91 Å². The summed E-state index contributed by atoms with van der Waals surface area (Å²) in [6.07, 6.45) is 1.65. The maximum atomic E-state index is 12.6. The summed E-state index contributed by atoms with van der Waals surface area (Å²) in [6, 6.07) is 19.1. The van der Waals surface area contributed by atoms with E-state index in [2.05, 4.69) is 5.32 Å². The minimum Gasteiger partial charge on any atom is -0.490 e. The van der Waals surface area contributed by atoms with Crippen molar-refractivity contribution < 1.29 is 24.0 Å². The molecule has 0 radical (unpaired) electrons. The molecule has 1 aromatic heterocycles. The van der Waals surface area contributed by atoms with Gasteiger partial charge in [-0.3, -0.25) is 4.79 Å². The Morgan fingerprint density at radius 1 is 1.00 bits per heavy atom. The number of carbonyl (C=O) groups is 1. The van der Waals surface area contributed by atoms with Crippen LogP contribution in [0.5, 0.6) is 11.5 Å². The second-order valence-electron chi connectivity index (χ2n) is 6.42. The Labute approximate surface area is 170 Å². The molecule has 0 spiro atoms. The zero-order chi connectivity index (χ0) is 20.5. The maximum Gasteiger partial charge on any atom is 0.279 e. The molecule has 0 aliphatic heterocycles. The summed E-state index contributed by atoms with van der Waals surface area (Å²) in [6.45, 7) is 5.15. The van der Waals surface area contributed by atoms with Gasteiger partial charge in [0.15, 0.2) is 29.8 Å². The summed E-state index contributed by atoms with van der Waals surface area (Å²) >= 11 is 0. The van der Waals surface area contributed by atoms with Crippen molar-refractivity contribution in [3.63, 3.8) is 0 Å². The molecule has 0 saturated heterocycles. The van der Waals surface area contributed by atoms with Gasteiger partial charge in [-0.1, -0.05) is 30.3 Å². The van der Waals surface area contributed by atoms with E-state index in [9.17, 15) is 4.79 Å². The normalized spacial score (nSPS) is 11.7. The summed E-state index contributed by atoms with van der Waals surface area (Å²) in [5.41, 5.74) is 1.75. The van der Waals surface area contributed by atoms with Crippen LogP contribution >= 0.6 is 0 Å². The number of hydrogen-bond acceptors (Lipinski definition) is 4. The number of benzene rings is 2.